The van der Waals surface area contributed by atoms with Crippen LogP contribution in [-0.2, 0) is 19.6 Å². The number of amides is 1. The summed E-state index contributed by atoms with van der Waals surface area (Å²) in [5.41, 5.74) is 1.51. The maximum atomic E-state index is 12.0. The molecule has 2 rings (SSSR count). The van der Waals surface area contributed by atoms with E-state index in [1.807, 2.05) is 19.1 Å². The van der Waals surface area contributed by atoms with Crippen molar-refractivity contribution >= 4 is 21.6 Å². The Morgan fingerprint density at radius 1 is 1.41 bits per heavy atom. The molecule has 1 N–H and O–H groups in total. The van der Waals surface area contributed by atoms with E-state index in [2.05, 4.69) is 5.32 Å². The second kappa shape index (κ2) is 7.11. The number of anilines is 1. The van der Waals surface area contributed by atoms with E-state index in [0.29, 0.717) is 12.3 Å². The fourth-order valence-electron chi connectivity index (χ4n) is 2.49. The molecule has 0 saturated carbocycles. The number of aryl methyl sites for hydroxylation is 1. The number of nitrogens with one attached hydrogen (secondary N) is 1. The SMILES string of the molecule is Cc1ccccc1N(CCNC(=O)C1CCCO1)S(C)(=O)=O. The highest BCUT2D eigenvalue weighted by Crippen LogP contribution is 2.21. The van der Waals surface area contributed by atoms with Crippen molar-refractivity contribution in [3.05, 3.63) is 29.8 Å². The van der Waals surface area contributed by atoms with Gasteiger partial charge in [0, 0.05) is 13.2 Å². The zero-order chi connectivity index (χ0) is 16.2. The first kappa shape index (κ1) is 16.8. The maximum Gasteiger partial charge on any atom is 0.249 e. The van der Waals surface area contributed by atoms with E-state index < -0.39 is 16.1 Å². The van der Waals surface area contributed by atoms with E-state index in [1.54, 1.807) is 12.1 Å². The van der Waals surface area contributed by atoms with Crippen LogP contribution < -0.4 is 9.62 Å². The van der Waals surface area contributed by atoms with Crippen molar-refractivity contribution in [1.82, 2.24) is 5.32 Å². The molecule has 122 valence electrons. The first-order chi connectivity index (χ1) is 10.4. The number of sulfonamides is 1. The van der Waals surface area contributed by atoms with E-state index in [1.165, 1.54) is 10.6 Å². The Hall–Kier alpha value is -1.60. The van der Waals surface area contributed by atoms with Crippen LogP contribution in [0.3, 0.4) is 0 Å². The summed E-state index contributed by atoms with van der Waals surface area (Å²) in [5.74, 6) is -0.171. The maximum absolute atomic E-state index is 12.0. The molecule has 22 heavy (non-hydrogen) atoms. The van der Waals surface area contributed by atoms with Gasteiger partial charge in [0.15, 0.2) is 0 Å². The van der Waals surface area contributed by atoms with Crippen molar-refractivity contribution in [1.29, 1.82) is 0 Å². The summed E-state index contributed by atoms with van der Waals surface area (Å²) in [7, 11) is -3.41. The van der Waals surface area contributed by atoms with E-state index in [-0.39, 0.29) is 19.0 Å². The number of ether oxygens (including phenoxy) is 1. The van der Waals surface area contributed by atoms with Gasteiger partial charge in [-0.05, 0) is 31.4 Å². The van der Waals surface area contributed by atoms with Gasteiger partial charge in [-0.2, -0.15) is 0 Å². The Bertz CT molecular complexity index is 624. The highest BCUT2D eigenvalue weighted by atomic mass is 32.2. The average molecular weight is 326 g/mol. The van der Waals surface area contributed by atoms with Crippen LogP contribution in [0.25, 0.3) is 0 Å². The number of carbonyl (C=O) groups excluding carboxylic acids is 1. The molecule has 1 aromatic carbocycles. The molecule has 1 aromatic rings. The predicted molar refractivity (Wildman–Crippen MR) is 85.4 cm³/mol. The molecule has 0 spiro atoms. The second-order valence-corrected chi connectivity index (χ2v) is 7.32. The smallest absolute Gasteiger partial charge is 0.249 e. The summed E-state index contributed by atoms with van der Waals surface area (Å²) < 4.78 is 30.6. The van der Waals surface area contributed by atoms with Crippen LogP contribution in [0.4, 0.5) is 5.69 Å². The van der Waals surface area contributed by atoms with Crippen LogP contribution in [-0.4, -0.2) is 46.4 Å². The summed E-state index contributed by atoms with van der Waals surface area (Å²) >= 11 is 0. The molecule has 0 bridgehead atoms. The molecule has 0 aromatic heterocycles. The van der Waals surface area contributed by atoms with E-state index in [0.717, 1.165) is 18.4 Å². The van der Waals surface area contributed by atoms with E-state index in [4.69, 9.17) is 4.74 Å². The van der Waals surface area contributed by atoms with Crippen molar-refractivity contribution in [2.75, 3.05) is 30.3 Å². The number of carbonyl (C=O) groups is 1. The van der Waals surface area contributed by atoms with Gasteiger partial charge in [-0.1, -0.05) is 18.2 Å². The minimum absolute atomic E-state index is 0.171. The van der Waals surface area contributed by atoms with Crippen molar-refractivity contribution in [3.8, 4) is 0 Å². The molecule has 1 heterocycles. The lowest BCUT2D eigenvalue weighted by molar-refractivity contribution is -0.129. The lowest BCUT2D eigenvalue weighted by atomic mass is 10.2. The quantitative estimate of drug-likeness (QED) is 0.848. The Kier molecular flexibility index (Phi) is 5.42. The summed E-state index contributed by atoms with van der Waals surface area (Å²) in [6.07, 6.45) is 2.38. The highest BCUT2D eigenvalue weighted by Gasteiger charge is 2.24. The Labute approximate surface area is 131 Å². The zero-order valence-corrected chi connectivity index (χ0v) is 13.7. The summed E-state index contributed by atoms with van der Waals surface area (Å²) in [6.45, 7) is 2.91. The molecule has 1 aliphatic heterocycles. The molecule has 0 aliphatic carbocycles. The number of benzene rings is 1. The molecular weight excluding hydrogens is 304 g/mol. The largest absolute Gasteiger partial charge is 0.368 e. The molecule has 1 unspecified atom stereocenters. The van der Waals surface area contributed by atoms with Gasteiger partial charge in [0.25, 0.3) is 0 Å². The third-order valence-corrected chi connectivity index (χ3v) is 4.80. The van der Waals surface area contributed by atoms with Gasteiger partial charge in [-0.3, -0.25) is 9.10 Å². The van der Waals surface area contributed by atoms with Crippen molar-refractivity contribution < 1.29 is 17.9 Å². The number of nitrogens with zero attached hydrogens (tertiary/aromatic N) is 1. The van der Waals surface area contributed by atoms with Crippen molar-refractivity contribution in [2.45, 2.75) is 25.9 Å². The lowest BCUT2D eigenvalue weighted by Crippen LogP contribution is -2.41. The van der Waals surface area contributed by atoms with Crippen molar-refractivity contribution in [3.63, 3.8) is 0 Å². The zero-order valence-electron chi connectivity index (χ0n) is 12.9. The minimum Gasteiger partial charge on any atom is -0.368 e. The van der Waals surface area contributed by atoms with Crippen LogP contribution in [0.5, 0.6) is 0 Å². The molecule has 1 aliphatic rings. The first-order valence-electron chi connectivity index (χ1n) is 7.32. The monoisotopic (exact) mass is 326 g/mol. The third-order valence-electron chi connectivity index (χ3n) is 3.62. The van der Waals surface area contributed by atoms with Crippen LogP contribution in [0, 0.1) is 6.92 Å². The molecule has 1 fully saturated rings. The normalized spacial score (nSPS) is 18.2. The molecule has 1 amide bonds. The van der Waals surface area contributed by atoms with Gasteiger partial charge in [0.05, 0.1) is 18.5 Å². The number of hydrogen-bond acceptors (Lipinski definition) is 4. The highest BCUT2D eigenvalue weighted by molar-refractivity contribution is 7.92. The molecule has 0 radical (unpaired) electrons. The van der Waals surface area contributed by atoms with Crippen molar-refractivity contribution in [2.24, 2.45) is 0 Å². The Morgan fingerprint density at radius 2 is 2.14 bits per heavy atom. The number of rotatable bonds is 6. The van der Waals surface area contributed by atoms with Crippen LogP contribution in [0.2, 0.25) is 0 Å². The fourth-order valence-corrected chi connectivity index (χ4v) is 3.47. The van der Waals surface area contributed by atoms with E-state index >= 15 is 0 Å². The molecule has 6 nitrogen and oxygen atoms in total. The summed E-state index contributed by atoms with van der Waals surface area (Å²) in [6, 6.07) is 7.28. The van der Waals surface area contributed by atoms with Gasteiger partial charge < -0.3 is 10.1 Å². The number of hydrogen-bond donors (Lipinski definition) is 1. The topological polar surface area (TPSA) is 75.7 Å². The molecule has 1 atom stereocenters. The van der Waals surface area contributed by atoms with Gasteiger partial charge >= 0.3 is 0 Å². The van der Waals surface area contributed by atoms with Gasteiger partial charge in [-0.15, -0.1) is 0 Å². The molecule has 7 heteroatoms. The Balaban J connectivity index is 2.00. The van der Waals surface area contributed by atoms with Crippen LogP contribution in [0.15, 0.2) is 24.3 Å². The summed E-state index contributed by atoms with van der Waals surface area (Å²) in [5, 5.41) is 2.75. The second-order valence-electron chi connectivity index (χ2n) is 5.41. The van der Waals surface area contributed by atoms with Gasteiger partial charge in [0.1, 0.15) is 6.10 Å². The van der Waals surface area contributed by atoms with Crippen LogP contribution >= 0.6 is 0 Å². The molecule has 1 saturated heterocycles. The lowest BCUT2D eigenvalue weighted by Gasteiger charge is -2.24. The molecular formula is C15H22N2O4S. The minimum atomic E-state index is -3.41. The van der Waals surface area contributed by atoms with E-state index in [9.17, 15) is 13.2 Å². The number of para-hydroxylation sites is 1. The van der Waals surface area contributed by atoms with Crippen LogP contribution in [0.1, 0.15) is 18.4 Å². The van der Waals surface area contributed by atoms with Gasteiger partial charge in [0.2, 0.25) is 15.9 Å². The predicted octanol–water partition coefficient (Wildman–Crippen LogP) is 1.06. The third kappa shape index (κ3) is 4.20. The average Bonchev–Trinajstić information content (AvgIpc) is 2.97. The standard InChI is InChI=1S/C15H22N2O4S/c1-12-6-3-4-7-13(12)17(22(2,19)20)10-9-16-15(18)14-8-5-11-21-14/h3-4,6-7,14H,5,8-11H2,1-2H3,(H,16,18). The van der Waals surface area contributed by atoms with Gasteiger partial charge in [-0.25, -0.2) is 8.42 Å². The fraction of sp³-hybridized carbons (Fsp3) is 0.533. The summed E-state index contributed by atoms with van der Waals surface area (Å²) in [4.78, 5) is 11.9. The Morgan fingerprint density at radius 3 is 2.73 bits per heavy atom. The first-order valence-corrected chi connectivity index (χ1v) is 9.17.